The number of benzene rings is 1. The van der Waals surface area contributed by atoms with Crippen LogP contribution in [0.4, 0.5) is 0 Å². The summed E-state index contributed by atoms with van der Waals surface area (Å²) in [4.78, 5) is 0. The van der Waals surface area contributed by atoms with E-state index in [-0.39, 0.29) is 0 Å². The first-order valence-electron chi connectivity index (χ1n) is 5.49. The Morgan fingerprint density at radius 1 is 1.40 bits per heavy atom. The summed E-state index contributed by atoms with van der Waals surface area (Å²) < 4.78 is 5.66. The van der Waals surface area contributed by atoms with Gasteiger partial charge >= 0.3 is 0 Å². The Labute approximate surface area is 93.5 Å². The predicted molar refractivity (Wildman–Crippen MR) is 64.5 cm³/mol. The van der Waals surface area contributed by atoms with Gasteiger partial charge in [0.1, 0.15) is 0 Å². The van der Waals surface area contributed by atoms with Gasteiger partial charge in [0, 0.05) is 18.1 Å². The molecule has 0 aliphatic carbocycles. The number of nitrogens with one attached hydrogen (secondary N) is 1. The van der Waals surface area contributed by atoms with Gasteiger partial charge in [-0.05, 0) is 42.4 Å². The first kappa shape index (κ1) is 9.31. The highest BCUT2D eigenvalue weighted by Crippen LogP contribution is 2.31. The van der Waals surface area contributed by atoms with E-state index in [4.69, 9.17) is 0 Å². The van der Waals surface area contributed by atoms with E-state index in [0.717, 1.165) is 6.54 Å². The Kier molecular flexibility index (Phi) is 2.43. The summed E-state index contributed by atoms with van der Waals surface area (Å²) >= 11 is 1.63. The largest absolute Gasteiger partial charge is 0.316 e. The Morgan fingerprint density at radius 3 is 3.27 bits per heavy atom. The van der Waals surface area contributed by atoms with E-state index in [9.17, 15) is 0 Å². The van der Waals surface area contributed by atoms with Gasteiger partial charge in [-0.25, -0.2) is 0 Å². The van der Waals surface area contributed by atoms with Crippen molar-refractivity contribution in [2.24, 2.45) is 0 Å². The standard InChI is InChI=1S/C12H14N2S/c1-3-10-8-14-15-12(10)11(5-1)9-4-2-6-13-7-9/h1,3,5,8-9,13H,2,4,6-7H2. The molecule has 1 aliphatic rings. The monoisotopic (exact) mass is 218 g/mol. The lowest BCUT2D eigenvalue weighted by Gasteiger charge is -2.23. The number of piperidine rings is 1. The lowest BCUT2D eigenvalue weighted by atomic mass is 9.91. The summed E-state index contributed by atoms with van der Waals surface area (Å²) in [6.07, 6.45) is 4.57. The van der Waals surface area contributed by atoms with Gasteiger partial charge in [-0.3, -0.25) is 0 Å². The molecule has 2 heterocycles. The lowest BCUT2D eigenvalue weighted by Crippen LogP contribution is -2.28. The van der Waals surface area contributed by atoms with Crippen LogP contribution in [0.15, 0.2) is 24.4 Å². The van der Waals surface area contributed by atoms with Crippen molar-refractivity contribution in [1.29, 1.82) is 0 Å². The van der Waals surface area contributed by atoms with Gasteiger partial charge in [0.2, 0.25) is 0 Å². The number of fused-ring (bicyclic) bond motifs is 1. The summed E-state index contributed by atoms with van der Waals surface area (Å²) in [6, 6.07) is 6.57. The van der Waals surface area contributed by atoms with Crippen molar-refractivity contribution >= 4 is 21.6 Å². The minimum absolute atomic E-state index is 0.683. The van der Waals surface area contributed by atoms with Crippen molar-refractivity contribution in [3.63, 3.8) is 0 Å². The maximum atomic E-state index is 4.28. The molecule has 0 amide bonds. The fraction of sp³-hybridized carbons (Fsp3) is 0.417. The van der Waals surface area contributed by atoms with Crippen LogP contribution in [0.25, 0.3) is 10.1 Å². The number of aromatic nitrogens is 1. The Balaban J connectivity index is 2.05. The summed E-state index contributed by atoms with van der Waals surface area (Å²) in [7, 11) is 0. The molecule has 1 atom stereocenters. The van der Waals surface area contributed by atoms with Crippen LogP contribution in [-0.2, 0) is 0 Å². The van der Waals surface area contributed by atoms with Gasteiger partial charge in [-0.2, -0.15) is 4.37 Å². The molecule has 2 nitrogen and oxygen atoms in total. The first-order valence-corrected chi connectivity index (χ1v) is 6.26. The van der Waals surface area contributed by atoms with E-state index in [1.165, 1.54) is 35.0 Å². The van der Waals surface area contributed by atoms with Crippen LogP contribution in [0.5, 0.6) is 0 Å². The molecule has 1 saturated heterocycles. The quantitative estimate of drug-likeness (QED) is 0.796. The molecule has 0 radical (unpaired) electrons. The molecule has 1 aromatic heterocycles. The predicted octanol–water partition coefficient (Wildman–Crippen LogP) is 2.76. The molecule has 3 rings (SSSR count). The van der Waals surface area contributed by atoms with Gasteiger partial charge in [-0.1, -0.05) is 18.2 Å². The maximum Gasteiger partial charge on any atom is 0.0585 e. The zero-order chi connectivity index (χ0) is 10.1. The third-order valence-electron chi connectivity index (χ3n) is 3.15. The molecule has 15 heavy (non-hydrogen) atoms. The molecule has 1 aliphatic heterocycles. The highest BCUT2D eigenvalue weighted by molar-refractivity contribution is 7.13. The third-order valence-corrected chi connectivity index (χ3v) is 4.01. The van der Waals surface area contributed by atoms with Gasteiger partial charge in [0.05, 0.1) is 4.70 Å². The van der Waals surface area contributed by atoms with Crippen molar-refractivity contribution in [1.82, 2.24) is 9.69 Å². The molecule has 0 saturated carbocycles. The van der Waals surface area contributed by atoms with Gasteiger partial charge in [0.25, 0.3) is 0 Å². The number of nitrogens with zero attached hydrogens (tertiary/aromatic N) is 1. The molecule has 2 aromatic rings. The topological polar surface area (TPSA) is 24.9 Å². The van der Waals surface area contributed by atoms with Crippen molar-refractivity contribution in [3.8, 4) is 0 Å². The first-order chi connectivity index (χ1) is 7.45. The summed E-state index contributed by atoms with van der Waals surface area (Å²) in [5.41, 5.74) is 1.49. The van der Waals surface area contributed by atoms with Crippen LogP contribution in [0.3, 0.4) is 0 Å². The Bertz CT molecular complexity index is 457. The third kappa shape index (κ3) is 1.66. The van der Waals surface area contributed by atoms with E-state index in [2.05, 4.69) is 27.9 Å². The SMILES string of the molecule is c1cc(C2CCCNC2)c2sncc2c1. The van der Waals surface area contributed by atoms with Crippen LogP contribution in [0.2, 0.25) is 0 Å². The molecule has 0 spiro atoms. The fourth-order valence-electron chi connectivity index (χ4n) is 2.36. The van der Waals surface area contributed by atoms with Crippen molar-refractivity contribution in [2.45, 2.75) is 18.8 Å². The molecular weight excluding hydrogens is 204 g/mol. The second-order valence-electron chi connectivity index (χ2n) is 4.13. The average Bonchev–Trinajstić information content (AvgIpc) is 2.78. The lowest BCUT2D eigenvalue weighted by molar-refractivity contribution is 0.464. The van der Waals surface area contributed by atoms with Crippen LogP contribution >= 0.6 is 11.5 Å². The van der Waals surface area contributed by atoms with E-state index in [0.29, 0.717) is 5.92 Å². The normalized spacial score (nSPS) is 22.0. The molecule has 1 aromatic carbocycles. The summed E-state index contributed by atoms with van der Waals surface area (Å²) in [5, 5.41) is 4.77. The van der Waals surface area contributed by atoms with Crippen LogP contribution in [-0.4, -0.2) is 17.5 Å². The molecular formula is C12H14N2S. The fourth-order valence-corrected chi connectivity index (χ4v) is 3.19. The summed E-state index contributed by atoms with van der Waals surface area (Å²) in [6.45, 7) is 2.30. The molecule has 1 N–H and O–H groups in total. The summed E-state index contributed by atoms with van der Waals surface area (Å²) in [5.74, 6) is 0.683. The second-order valence-corrected chi connectivity index (χ2v) is 4.94. The van der Waals surface area contributed by atoms with Crippen molar-refractivity contribution < 1.29 is 0 Å². The second kappa shape index (κ2) is 3.91. The number of hydrogen-bond donors (Lipinski definition) is 1. The van der Waals surface area contributed by atoms with E-state index >= 15 is 0 Å². The van der Waals surface area contributed by atoms with Gasteiger partial charge in [-0.15, -0.1) is 0 Å². The zero-order valence-corrected chi connectivity index (χ0v) is 9.39. The van der Waals surface area contributed by atoms with E-state index < -0.39 is 0 Å². The molecule has 3 heteroatoms. The molecule has 1 unspecified atom stereocenters. The zero-order valence-electron chi connectivity index (χ0n) is 8.57. The van der Waals surface area contributed by atoms with E-state index in [1.54, 1.807) is 11.5 Å². The van der Waals surface area contributed by atoms with Crippen LogP contribution in [0.1, 0.15) is 24.3 Å². The highest BCUT2D eigenvalue weighted by atomic mass is 32.1. The molecule has 78 valence electrons. The van der Waals surface area contributed by atoms with Gasteiger partial charge < -0.3 is 5.32 Å². The van der Waals surface area contributed by atoms with Crippen molar-refractivity contribution in [2.75, 3.05) is 13.1 Å². The number of rotatable bonds is 1. The average molecular weight is 218 g/mol. The Morgan fingerprint density at radius 2 is 2.40 bits per heavy atom. The number of hydrogen-bond acceptors (Lipinski definition) is 3. The van der Waals surface area contributed by atoms with Crippen LogP contribution in [0, 0.1) is 0 Å². The minimum Gasteiger partial charge on any atom is -0.316 e. The molecule has 0 bridgehead atoms. The maximum absolute atomic E-state index is 4.28. The Hall–Kier alpha value is -0.930. The van der Waals surface area contributed by atoms with Crippen LogP contribution < -0.4 is 5.32 Å². The van der Waals surface area contributed by atoms with Gasteiger partial charge in [0.15, 0.2) is 0 Å². The van der Waals surface area contributed by atoms with E-state index in [1.807, 2.05) is 6.20 Å². The molecule has 1 fully saturated rings. The smallest absolute Gasteiger partial charge is 0.0585 e. The minimum atomic E-state index is 0.683. The highest BCUT2D eigenvalue weighted by Gasteiger charge is 2.17. The van der Waals surface area contributed by atoms with Crippen molar-refractivity contribution in [3.05, 3.63) is 30.0 Å².